The van der Waals surface area contributed by atoms with Gasteiger partial charge < -0.3 is 9.73 Å². The second-order valence-corrected chi connectivity index (χ2v) is 5.63. The van der Waals surface area contributed by atoms with E-state index in [9.17, 15) is 9.59 Å². The molecule has 3 rings (SSSR count). The Kier molecular flexibility index (Phi) is 4.70. The van der Waals surface area contributed by atoms with Crippen molar-refractivity contribution in [3.63, 3.8) is 0 Å². The zero-order chi connectivity index (χ0) is 17.8. The molecular weight excluding hydrogens is 318 g/mol. The van der Waals surface area contributed by atoms with E-state index in [0.717, 1.165) is 5.56 Å². The number of rotatable bonds is 5. The summed E-state index contributed by atoms with van der Waals surface area (Å²) in [5.41, 5.74) is 2.45. The second kappa shape index (κ2) is 7.09. The summed E-state index contributed by atoms with van der Waals surface area (Å²) in [7, 11) is 0. The van der Waals surface area contributed by atoms with Gasteiger partial charge in [-0.2, -0.15) is 0 Å². The molecule has 0 bridgehead atoms. The summed E-state index contributed by atoms with van der Waals surface area (Å²) in [6.07, 6.45) is 3.41. The second-order valence-electron chi connectivity index (χ2n) is 5.63. The Balaban J connectivity index is 1.72. The molecule has 1 aromatic carbocycles. The maximum atomic E-state index is 12.3. The van der Waals surface area contributed by atoms with Crippen molar-refractivity contribution in [2.24, 2.45) is 0 Å². The lowest BCUT2D eigenvalue weighted by molar-refractivity contribution is -0.115. The Labute approximate surface area is 144 Å². The molecule has 0 aliphatic carbocycles. The number of nitrogens with zero attached hydrogens (tertiary/aromatic N) is 2. The molecule has 3 aromatic rings. The van der Waals surface area contributed by atoms with Crippen molar-refractivity contribution in [2.75, 3.05) is 5.32 Å². The molecule has 6 nitrogen and oxygen atoms in total. The van der Waals surface area contributed by atoms with E-state index in [1.54, 1.807) is 49.6 Å². The largest absolute Gasteiger partial charge is 0.441 e. The molecule has 0 aliphatic heterocycles. The number of aromatic nitrogens is 2. The summed E-state index contributed by atoms with van der Waals surface area (Å²) < 4.78 is 5.63. The number of nitrogens with one attached hydrogen (secondary N) is 1. The Morgan fingerprint density at radius 2 is 2.04 bits per heavy atom. The minimum atomic E-state index is -0.227. The number of benzene rings is 1. The van der Waals surface area contributed by atoms with Crippen LogP contribution in [0.3, 0.4) is 0 Å². The molecule has 2 heterocycles. The first-order valence-electron chi connectivity index (χ1n) is 7.80. The summed E-state index contributed by atoms with van der Waals surface area (Å²) >= 11 is 0. The van der Waals surface area contributed by atoms with Crippen LogP contribution in [0, 0.1) is 6.92 Å². The number of hydrogen-bond donors (Lipinski definition) is 1. The van der Waals surface area contributed by atoms with Gasteiger partial charge in [0.1, 0.15) is 5.76 Å². The summed E-state index contributed by atoms with van der Waals surface area (Å²) in [5, 5.41) is 2.78. The first-order chi connectivity index (χ1) is 12.0. The minimum absolute atomic E-state index is 0.0513. The summed E-state index contributed by atoms with van der Waals surface area (Å²) in [5.74, 6) is 0.748. The van der Waals surface area contributed by atoms with E-state index < -0.39 is 0 Å². The number of Topliss-reactive ketones (excluding diaryl/α,β-unsaturated/α-hetero) is 1. The van der Waals surface area contributed by atoms with Crippen LogP contribution in [0.4, 0.5) is 5.69 Å². The van der Waals surface area contributed by atoms with Crippen LogP contribution in [-0.4, -0.2) is 21.7 Å². The van der Waals surface area contributed by atoms with Crippen molar-refractivity contribution < 1.29 is 14.0 Å². The monoisotopic (exact) mass is 335 g/mol. The van der Waals surface area contributed by atoms with Gasteiger partial charge in [0.2, 0.25) is 11.8 Å². The van der Waals surface area contributed by atoms with Crippen molar-refractivity contribution in [3.05, 3.63) is 65.8 Å². The fourth-order valence-electron chi connectivity index (χ4n) is 2.38. The standard InChI is InChI=1S/C19H17N3O3/c1-12(23)14-5-3-7-16(9-14)21-18(24)10-17-13(2)25-19(22-17)15-6-4-8-20-11-15/h3-9,11H,10H2,1-2H3,(H,21,24). The molecule has 6 heteroatoms. The van der Waals surface area contributed by atoms with Crippen LogP contribution in [0.2, 0.25) is 0 Å². The van der Waals surface area contributed by atoms with Gasteiger partial charge in [0, 0.05) is 23.6 Å². The molecule has 0 atom stereocenters. The number of carbonyl (C=O) groups excluding carboxylic acids is 2. The maximum Gasteiger partial charge on any atom is 0.230 e. The van der Waals surface area contributed by atoms with E-state index >= 15 is 0 Å². The number of ketones is 1. The predicted molar refractivity (Wildman–Crippen MR) is 93.3 cm³/mol. The molecule has 0 saturated carbocycles. The number of anilines is 1. The molecule has 0 radical (unpaired) electrons. The van der Waals surface area contributed by atoms with Crippen molar-refractivity contribution in [1.29, 1.82) is 0 Å². The highest BCUT2D eigenvalue weighted by atomic mass is 16.4. The van der Waals surface area contributed by atoms with Gasteiger partial charge in [-0.25, -0.2) is 4.98 Å². The Bertz CT molecular complexity index is 917. The van der Waals surface area contributed by atoms with Crippen molar-refractivity contribution in [2.45, 2.75) is 20.3 Å². The van der Waals surface area contributed by atoms with E-state index in [0.29, 0.717) is 28.6 Å². The van der Waals surface area contributed by atoms with Gasteiger partial charge in [0.25, 0.3) is 0 Å². The molecule has 0 aliphatic rings. The molecule has 0 saturated heterocycles. The first kappa shape index (κ1) is 16.6. The lowest BCUT2D eigenvalue weighted by Crippen LogP contribution is -2.15. The van der Waals surface area contributed by atoms with Gasteiger partial charge in [-0.05, 0) is 38.1 Å². The highest BCUT2D eigenvalue weighted by Gasteiger charge is 2.15. The molecule has 1 N–H and O–H groups in total. The molecule has 0 fully saturated rings. The third-order valence-electron chi connectivity index (χ3n) is 3.68. The van der Waals surface area contributed by atoms with Gasteiger partial charge >= 0.3 is 0 Å². The van der Waals surface area contributed by atoms with E-state index in [1.807, 2.05) is 6.07 Å². The molecular formula is C19H17N3O3. The van der Waals surface area contributed by atoms with E-state index in [2.05, 4.69) is 15.3 Å². The fraction of sp³-hybridized carbons (Fsp3) is 0.158. The van der Waals surface area contributed by atoms with E-state index in [1.165, 1.54) is 6.92 Å². The zero-order valence-corrected chi connectivity index (χ0v) is 13.9. The smallest absolute Gasteiger partial charge is 0.230 e. The average Bonchev–Trinajstić information content (AvgIpc) is 2.96. The maximum absolute atomic E-state index is 12.3. The summed E-state index contributed by atoms with van der Waals surface area (Å²) in [4.78, 5) is 32.1. The lowest BCUT2D eigenvalue weighted by atomic mass is 10.1. The predicted octanol–water partition coefficient (Wildman–Crippen LogP) is 3.43. The molecule has 0 spiro atoms. The van der Waals surface area contributed by atoms with Gasteiger partial charge in [-0.1, -0.05) is 12.1 Å². The van der Waals surface area contributed by atoms with Crippen molar-refractivity contribution >= 4 is 17.4 Å². The number of amides is 1. The number of hydrogen-bond acceptors (Lipinski definition) is 5. The number of carbonyl (C=O) groups is 2. The molecule has 1 amide bonds. The quantitative estimate of drug-likeness (QED) is 0.722. The van der Waals surface area contributed by atoms with Crippen molar-refractivity contribution in [1.82, 2.24) is 9.97 Å². The van der Waals surface area contributed by atoms with Crippen LogP contribution in [0.5, 0.6) is 0 Å². The van der Waals surface area contributed by atoms with Crippen LogP contribution in [0.1, 0.15) is 28.7 Å². The van der Waals surface area contributed by atoms with Gasteiger partial charge in [-0.3, -0.25) is 14.6 Å². The third-order valence-corrected chi connectivity index (χ3v) is 3.68. The lowest BCUT2D eigenvalue weighted by Gasteiger charge is -2.05. The minimum Gasteiger partial charge on any atom is -0.441 e. The van der Waals surface area contributed by atoms with Gasteiger partial charge in [-0.15, -0.1) is 0 Å². The van der Waals surface area contributed by atoms with Gasteiger partial charge in [0.15, 0.2) is 5.78 Å². The van der Waals surface area contributed by atoms with Crippen molar-refractivity contribution in [3.8, 4) is 11.5 Å². The highest BCUT2D eigenvalue weighted by molar-refractivity contribution is 5.97. The van der Waals surface area contributed by atoms with E-state index in [-0.39, 0.29) is 18.1 Å². The van der Waals surface area contributed by atoms with Crippen LogP contribution in [0.25, 0.3) is 11.5 Å². The van der Waals surface area contributed by atoms with Crippen LogP contribution >= 0.6 is 0 Å². The number of aryl methyl sites for hydroxylation is 1. The normalized spacial score (nSPS) is 10.5. The zero-order valence-electron chi connectivity index (χ0n) is 13.9. The topological polar surface area (TPSA) is 85.1 Å². The Hall–Kier alpha value is -3.28. The third kappa shape index (κ3) is 3.98. The fourth-order valence-corrected chi connectivity index (χ4v) is 2.38. The van der Waals surface area contributed by atoms with Crippen LogP contribution in [0.15, 0.2) is 53.2 Å². The molecule has 126 valence electrons. The number of pyridine rings is 1. The first-order valence-corrected chi connectivity index (χ1v) is 7.80. The Morgan fingerprint density at radius 1 is 1.20 bits per heavy atom. The summed E-state index contributed by atoms with van der Waals surface area (Å²) in [6, 6.07) is 10.5. The molecule has 2 aromatic heterocycles. The molecule has 25 heavy (non-hydrogen) atoms. The van der Waals surface area contributed by atoms with Gasteiger partial charge in [0.05, 0.1) is 17.7 Å². The average molecular weight is 335 g/mol. The van der Waals surface area contributed by atoms with E-state index in [4.69, 9.17) is 4.42 Å². The van der Waals surface area contributed by atoms with Crippen LogP contribution in [-0.2, 0) is 11.2 Å². The number of oxazole rings is 1. The SMILES string of the molecule is CC(=O)c1cccc(NC(=O)Cc2nc(-c3cccnc3)oc2C)c1. The summed E-state index contributed by atoms with van der Waals surface area (Å²) in [6.45, 7) is 3.26. The molecule has 0 unspecified atom stereocenters. The highest BCUT2D eigenvalue weighted by Crippen LogP contribution is 2.21. The van der Waals surface area contributed by atoms with Crippen LogP contribution < -0.4 is 5.32 Å². The Morgan fingerprint density at radius 3 is 2.76 bits per heavy atom.